The van der Waals surface area contributed by atoms with Crippen molar-refractivity contribution in [2.75, 3.05) is 6.61 Å². The molecule has 0 aliphatic heterocycles. The van der Waals surface area contributed by atoms with E-state index in [1.165, 1.54) is 38.5 Å². The number of thiocarbonyl (C=S) groups is 1. The van der Waals surface area contributed by atoms with Crippen LogP contribution in [0.15, 0.2) is 0 Å². The van der Waals surface area contributed by atoms with Crippen LogP contribution in [0.25, 0.3) is 0 Å². The molecule has 0 aliphatic carbocycles. The molecule has 0 aromatic carbocycles. The van der Waals surface area contributed by atoms with Crippen molar-refractivity contribution < 1.29 is 4.74 Å². The van der Waals surface area contributed by atoms with Crippen LogP contribution in [0.5, 0.6) is 0 Å². The number of hydrogen-bond acceptors (Lipinski definition) is 2. The fraction of sp³-hybridized carbons (Fsp3) is 0.909. The zero-order valence-electron chi connectivity index (χ0n) is 9.29. The maximum atomic E-state index is 5.28. The topological polar surface area (TPSA) is 9.23 Å². The highest BCUT2D eigenvalue weighted by Crippen LogP contribution is 2.16. The average Bonchev–Trinajstić information content (AvgIpc) is 2.14. The first-order chi connectivity index (χ1) is 6.70. The molecule has 0 saturated carbocycles. The quantitative estimate of drug-likeness (QED) is 0.383. The second kappa shape index (κ2) is 9.78. The Morgan fingerprint density at radius 1 is 1.21 bits per heavy atom. The van der Waals surface area contributed by atoms with Crippen LogP contribution < -0.4 is 0 Å². The second-order valence-corrected chi connectivity index (χ2v) is 4.81. The van der Waals surface area contributed by atoms with Crippen molar-refractivity contribution in [2.24, 2.45) is 5.92 Å². The van der Waals surface area contributed by atoms with Crippen LogP contribution in [0.3, 0.4) is 0 Å². The lowest BCUT2D eigenvalue weighted by Crippen LogP contribution is -2.10. The summed E-state index contributed by atoms with van der Waals surface area (Å²) < 4.78 is 5.66. The van der Waals surface area contributed by atoms with Gasteiger partial charge in [0.25, 0.3) is 0 Å². The number of hydrogen-bond donors (Lipinski definition) is 1. The van der Waals surface area contributed by atoms with Crippen LogP contribution >= 0.6 is 24.8 Å². The van der Waals surface area contributed by atoms with Gasteiger partial charge < -0.3 is 4.74 Å². The lowest BCUT2D eigenvalue weighted by molar-refractivity contribution is 0.227. The first-order valence-electron chi connectivity index (χ1n) is 5.56. The van der Waals surface area contributed by atoms with Crippen molar-refractivity contribution in [1.29, 1.82) is 0 Å². The van der Waals surface area contributed by atoms with Gasteiger partial charge in [-0.05, 0) is 31.0 Å². The summed E-state index contributed by atoms with van der Waals surface area (Å²) in [5.41, 5.74) is 0. The Bertz CT molecular complexity index is 148. The SMILES string of the molecule is CCCCCC(CCC)COC(=S)S. The average molecular weight is 234 g/mol. The molecule has 0 bridgehead atoms. The van der Waals surface area contributed by atoms with Crippen LogP contribution in [0, 0.1) is 5.92 Å². The number of rotatable bonds is 8. The summed E-state index contributed by atoms with van der Waals surface area (Å²) in [6.07, 6.45) is 7.64. The summed E-state index contributed by atoms with van der Waals surface area (Å²) in [6.45, 7) is 5.19. The van der Waals surface area contributed by atoms with Crippen LogP contribution in [0.4, 0.5) is 0 Å². The first kappa shape index (κ1) is 14.2. The third-order valence-corrected chi connectivity index (χ3v) is 2.60. The lowest BCUT2D eigenvalue weighted by Gasteiger charge is -2.15. The van der Waals surface area contributed by atoms with Gasteiger partial charge in [-0.15, -0.1) is 0 Å². The first-order valence-corrected chi connectivity index (χ1v) is 6.41. The highest BCUT2D eigenvalue weighted by molar-refractivity contribution is 8.10. The Kier molecular flexibility index (Phi) is 9.95. The van der Waals surface area contributed by atoms with Gasteiger partial charge in [0.05, 0.1) is 6.61 Å². The van der Waals surface area contributed by atoms with Crippen molar-refractivity contribution in [3.8, 4) is 0 Å². The van der Waals surface area contributed by atoms with Crippen molar-refractivity contribution in [3.05, 3.63) is 0 Å². The number of ether oxygens (including phenoxy) is 1. The summed E-state index contributed by atoms with van der Waals surface area (Å²) in [4.78, 5) is 0. The molecular weight excluding hydrogens is 212 g/mol. The molecule has 0 aromatic rings. The minimum atomic E-state index is 0.376. The molecule has 84 valence electrons. The van der Waals surface area contributed by atoms with E-state index in [4.69, 9.17) is 17.0 Å². The summed E-state index contributed by atoms with van der Waals surface area (Å²) in [5, 5.41) is 0. The van der Waals surface area contributed by atoms with Gasteiger partial charge in [-0.1, -0.05) is 52.2 Å². The van der Waals surface area contributed by atoms with E-state index < -0.39 is 0 Å². The van der Waals surface area contributed by atoms with Crippen molar-refractivity contribution in [1.82, 2.24) is 0 Å². The molecule has 0 spiro atoms. The van der Waals surface area contributed by atoms with E-state index in [-0.39, 0.29) is 0 Å². The Morgan fingerprint density at radius 3 is 2.43 bits per heavy atom. The van der Waals surface area contributed by atoms with E-state index in [9.17, 15) is 0 Å². The van der Waals surface area contributed by atoms with Crippen molar-refractivity contribution >= 4 is 29.2 Å². The Balaban J connectivity index is 3.59. The van der Waals surface area contributed by atoms with Crippen LogP contribution in [-0.2, 0) is 4.74 Å². The molecule has 0 heterocycles. The Hall–Kier alpha value is 0.240. The van der Waals surface area contributed by atoms with E-state index in [1.54, 1.807) is 0 Å². The fourth-order valence-electron chi connectivity index (χ4n) is 1.59. The van der Waals surface area contributed by atoms with E-state index in [0.717, 1.165) is 6.61 Å². The molecule has 3 heteroatoms. The van der Waals surface area contributed by atoms with E-state index >= 15 is 0 Å². The lowest BCUT2D eigenvalue weighted by atomic mass is 9.97. The highest BCUT2D eigenvalue weighted by atomic mass is 32.1. The van der Waals surface area contributed by atoms with Crippen LogP contribution in [0.1, 0.15) is 52.4 Å². The molecular formula is C11H22OS2. The van der Waals surface area contributed by atoms with Gasteiger partial charge >= 0.3 is 0 Å². The minimum absolute atomic E-state index is 0.376. The van der Waals surface area contributed by atoms with E-state index in [2.05, 4.69) is 26.5 Å². The Labute approximate surface area is 99.0 Å². The van der Waals surface area contributed by atoms with Gasteiger partial charge in [0.15, 0.2) is 0 Å². The predicted molar refractivity (Wildman–Crippen MR) is 70.1 cm³/mol. The zero-order valence-corrected chi connectivity index (χ0v) is 11.0. The third-order valence-electron chi connectivity index (χ3n) is 2.36. The smallest absolute Gasteiger partial charge is 0.216 e. The summed E-state index contributed by atoms with van der Waals surface area (Å²) in [5.74, 6) is 0.664. The molecule has 0 aromatic heterocycles. The number of unbranched alkanes of at least 4 members (excludes halogenated alkanes) is 2. The molecule has 0 rings (SSSR count). The van der Waals surface area contributed by atoms with E-state index in [1.807, 2.05) is 0 Å². The van der Waals surface area contributed by atoms with Gasteiger partial charge in [-0.2, -0.15) is 0 Å². The summed E-state index contributed by atoms with van der Waals surface area (Å²) in [6, 6.07) is 0. The summed E-state index contributed by atoms with van der Waals surface area (Å²) >= 11 is 8.73. The molecule has 1 atom stereocenters. The predicted octanol–water partition coefficient (Wildman–Crippen LogP) is 4.21. The molecule has 0 radical (unpaired) electrons. The maximum absolute atomic E-state index is 5.28. The fourth-order valence-corrected chi connectivity index (χ4v) is 1.73. The molecule has 14 heavy (non-hydrogen) atoms. The monoisotopic (exact) mass is 234 g/mol. The standard InChI is InChI=1S/C11H22OS2/c1-3-5-6-8-10(7-4-2)9-12-11(13)14/h10H,3-9H2,1-2H3,(H,13,14). The summed E-state index contributed by atoms with van der Waals surface area (Å²) in [7, 11) is 0. The van der Waals surface area contributed by atoms with Crippen LogP contribution in [-0.4, -0.2) is 11.0 Å². The molecule has 1 nitrogen and oxygen atoms in total. The molecule has 0 amide bonds. The molecule has 0 fully saturated rings. The van der Waals surface area contributed by atoms with Crippen LogP contribution in [0.2, 0.25) is 0 Å². The zero-order chi connectivity index (χ0) is 10.8. The van der Waals surface area contributed by atoms with Gasteiger partial charge in [-0.3, -0.25) is 0 Å². The minimum Gasteiger partial charge on any atom is -0.478 e. The Morgan fingerprint density at radius 2 is 1.93 bits per heavy atom. The second-order valence-electron chi connectivity index (χ2n) is 3.73. The number of thiol groups is 1. The van der Waals surface area contributed by atoms with Gasteiger partial charge in [0, 0.05) is 0 Å². The van der Waals surface area contributed by atoms with Gasteiger partial charge in [0.1, 0.15) is 0 Å². The largest absolute Gasteiger partial charge is 0.478 e. The van der Waals surface area contributed by atoms with Gasteiger partial charge in [0.2, 0.25) is 4.38 Å². The molecule has 0 N–H and O–H groups in total. The van der Waals surface area contributed by atoms with Crippen molar-refractivity contribution in [3.63, 3.8) is 0 Å². The molecule has 0 saturated heterocycles. The third kappa shape index (κ3) is 8.82. The van der Waals surface area contributed by atoms with Gasteiger partial charge in [-0.25, -0.2) is 0 Å². The maximum Gasteiger partial charge on any atom is 0.216 e. The van der Waals surface area contributed by atoms with E-state index in [0.29, 0.717) is 10.3 Å². The highest BCUT2D eigenvalue weighted by Gasteiger charge is 2.08. The van der Waals surface area contributed by atoms with Crippen molar-refractivity contribution in [2.45, 2.75) is 52.4 Å². The molecule has 1 unspecified atom stereocenters. The molecule has 0 aliphatic rings. The normalized spacial score (nSPS) is 12.5.